The summed E-state index contributed by atoms with van der Waals surface area (Å²) in [6.45, 7) is 7.24. The summed E-state index contributed by atoms with van der Waals surface area (Å²) in [6.07, 6.45) is 1.59. The molecule has 0 rings (SSSR count). The van der Waals surface area contributed by atoms with Crippen LogP contribution in [0.4, 0.5) is 0 Å². The molecule has 0 aliphatic heterocycles. The Morgan fingerprint density at radius 2 is 2.30 bits per heavy atom. The summed E-state index contributed by atoms with van der Waals surface area (Å²) in [6, 6.07) is 0. The Bertz CT molecular complexity index is 180. The van der Waals surface area contributed by atoms with Crippen LogP contribution in [0.5, 0.6) is 0 Å². The molecule has 10 heavy (non-hydrogen) atoms. The first-order chi connectivity index (χ1) is 4.68. The van der Waals surface area contributed by atoms with Crippen molar-refractivity contribution in [1.29, 1.82) is 5.41 Å². The van der Waals surface area contributed by atoms with Gasteiger partial charge in [-0.2, -0.15) is 10.2 Å². The third kappa shape index (κ3) is 3.54. The molecule has 0 spiro atoms. The van der Waals surface area contributed by atoms with Gasteiger partial charge in [-0.3, -0.25) is 5.41 Å². The maximum atomic E-state index is 6.83. The molecule has 0 aromatic carbocycles. The molecule has 0 fully saturated rings. The summed E-state index contributed by atoms with van der Waals surface area (Å²) in [5.41, 5.74) is 5.20. The molecule has 0 bridgehead atoms. The number of nitrogens with zero attached hydrogens (tertiary/aromatic N) is 2. The highest BCUT2D eigenvalue weighted by Gasteiger charge is 1.90. The second kappa shape index (κ2) is 4.43. The molecule has 0 amide bonds. The van der Waals surface area contributed by atoms with Crippen LogP contribution >= 0.6 is 0 Å². The van der Waals surface area contributed by atoms with Gasteiger partial charge < -0.3 is 5.73 Å². The van der Waals surface area contributed by atoms with Crippen molar-refractivity contribution in [3.8, 4) is 0 Å². The van der Waals surface area contributed by atoms with Crippen LogP contribution in [-0.4, -0.2) is 12.4 Å². The average Bonchev–Trinajstić information content (AvgIpc) is 1.88. The van der Waals surface area contributed by atoms with Crippen molar-refractivity contribution in [1.82, 2.24) is 0 Å². The van der Waals surface area contributed by atoms with Gasteiger partial charge in [0.25, 0.3) is 0 Å². The smallest absolute Gasteiger partial charge is 0.143 e. The van der Waals surface area contributed by atoms with E-state index < -0.39 is 0 Å². The molecular formula is C6H10N4. The van der Waals surface area contributed by atoms with Crippen LogP contribution in [-0.2, 0) is 0 Å². The fourth-order valence-electron chi connectivity index (χ4n) is 0.238. The Hall–Kier alpha value is -1.45. The molecule has 0 aromatic rings. The first kappa shape index (κ1) is 8.55. The van der Waals surface area contributed by atoms with Gasteiger partial charge >= 0.3 is 0 Å². The van der Waals surface area contributed by atoms with Gasteiger partial charge in [0, 0.05) is 0 Å². The fraction of sp³-hybridized carbons (Fsp3) is 0.167. The molecule has 0 unspecified atom stereocenters. The Balaban J connectivity index is 3.78. The van der Waals surface area contributed by atoms with Gasteiger partial charge in [-0.05, 0) is 0 Å². The van der Waals surface area contributed by atoms with Gasteiger partial charge in [0.2, 0.25) is 0 Å². The van der Waals surface area contributed by atoms with Gasteiger partial charge in [-0.1, -0.05) is 12.7 Å². The average molecular weight is 138 g/mol. The van der Waals surface area contributed by atoms with Gasteiger partial charge in [-0.15, -0.1) is 6.58 Å². The van der Waals surface area contributed by atoms with Crippen LogP contribution in [0.1, 0.15) is 0 Å². The number of nitrogens with one attached hydrogen (secondary N) is 1. The monoisotopic (exact) mass is 138 g/mol. The summed E-state index contributed by atoms with van der Waals surface area (Å²) in [5.74, 6) is -0.159. The summed E-state index contributed by atoms with van der Waals surface area (Å²) in [5, 5.41) is 14.0. The Labute approximate surface area is 59.7 Å². The van der Waals surface area contributed by atoms with E-state index in [1.807, 2.05) is 0 Å². The van der Waals surface area contributed by atoms with E-state index in [9.17, 15) is 0 Å². The molecule has 4 nitrogen and oxygen atoms in total. The number of hydrogen-bond acceptors (Lipinski definition) is 3. The predicted octanol–water partition coefficient (Wildman–Crippen LogP) is 1.07. The predicted molar refractivity (Wildman–Crippen MR) is 41.0 cm³/mol. The molecule has 0 aliphatic carbocycles. The highest BCUT2D eigenvalue weighted by Crippen LogP contribution is 1.90. The minimum atomic E-state index is -0.159. The van der Waals surface area contributed by atoms with Crippen LogP contribution in [0.3, 0.4) is 0 Å². The number of rotatable bonds is 4. The first-order valence-corrected chi connectivity index (χ1v) is 2.70. The fourth-order valence-corrected chi connectivity index (χ4v) is 0.238. The standard InChI is InChI=1S/C6H10N4/c1-3-4-9-10-5(2)6(7)8/h3H,1-2,4H2,(H3,7,8). The molecule has 3 N–H and O–H groups in total. The maximum Gasteiger partial charge on any atom is 0.143 e. The van der Waals surface area contributed by atoms with Crippen molar-refractivity contribution >= 4 is 5.84 Å². The van der Waals surface area contributed by atoms with Crippen molar-refractivity contribution in [2.75, 3.05) is 6.54 Å². The molecule has 0 aliphatic rings. The minimum absolute atomic E-state index is 0.159. The van der Waals surface area contributed by atoms with E-state index in [0.717, 1.165) is 0 Å². The third-order valence-corrected chi connectivity index (χ3v) is 0.713. The maximum absolute atomic E-state index is 6.83. The number of hydrogen-bond donors (Lipinski definition) is 2. The minimum Gasteiger partial charge on any atom is -0.382 e. The van der Waals surface area contributed by atoms with Crippen LogP contribution < -0.4 is 5.73 Å². The molecule has 0 saturated carbocycles. The van der Waals surface area contributed by atoms with Crippen LogP contribution in [0.2, 0.25) is 0 Å². The molecule has 4 heteroatoms. The van der Waals surface area contributed by atoms with Crippen molar-refractivity contribution in [3.05, 3.63) is 24.9 Å². The molecule has 54 valence electrons. The largest absolute Gasteiger partial charge is 0.382 e. The van der Waals surface area contributed by atoms with E-state index in [1.165, 1.54) is 0 Å². The van der Waals surface area contributed by atoms with Gasteiger partial charge in [-0.25, -0.2) is 0 Å². The zero-order valence-electron chi connectivity index (χ0n) is 5.67. The number of nitrogens with two attached hydrogens (primary N) is 1. The highest BCUT2D eigenvalue weighted by molar-refractivity contribution is 5.93. The summed E-state index contributed by atoms with van der Waals surface area (Å²) in [7, 11) is 0. The van der Waals surface area contributed by atoms with E-state index in [-0.39, 0.29) is 11.5 Å². The van der Waals surface area contributed by atoms with Crippen molar-refractivity contribution < 1.29 is 0 Å². The lowest BCUT2D eigenvalue weighted by atomic mass is 10.5. The van der Waals surface area contributed by atoms with Crippen LogP contribution in [0.25, 0.3) is 0 Å². The molecule has 0 atom stereocenters. The van der Waals surface area contributed by atoms with Crippen LogP contribution in [0, 0.1) is 5.41 Å². The Morgan fingerprint density at radius 3 is 2.70 bits per heavy atom. The SMILES string of the molecule is C=CCN=NC(=C)C(=N)N. The molecule has 0 heterocycles. The van der Waals surface area contributed by atoms with E-state index in [4.69, 9.17) is 11.1 Å². The van der Waals surface area contributed by atoms with E-state index in [1.54, 1.807) is 6.08 Å². The van der Waals surface area contributed by atoms with Crippen LogP contribution in [0.15, 0.2) is 35.2 Å². The van der Waals surface area contributed by atoms with Crippen molar-refractivity contribution in [2.45, 2.75) is 0 Å². The lowest BCUT2D eigenvalue weighted by molar-refractivity contribution is 1.05. The summed E-state index contributed by atoms with van der Waals surface area (Å²) < 4.78 is 0. The molecular weight excluding hydrogens is 128 g/mol. The number of azo groups is 1. The quantitative estimate of drug-likeness (QED) is 0.259. The van der Waals surface area contributed by atoms with Crippen molar-refractivity contribution in [2.24, 2.45) is 16.0 Å². The van der Waals surface area contributed by atoms with E-state index >= 15 is 0 Å². The zero-order chi connectivity index (χ0) is 7.98. The van der Waals surface area contributed by atoms with E-state index in [0.29, 0.717) is 6.54 Å². The summed E-state index contributed by atoms with van der Waals surface area (Å²) >= 11 is 0. The third-order valence-electron chi connectivity index (χ3n) is 0.713. The van der Waals surface area contributed by atoms with Gasteiger partial charge in [0.1, 0.15) is 11.5 Å². The second-order valence-corrected chi connectivity index (χ2v) is 1.57. The molecule has 0 aromatic heterocycles. The summed E-state index contributed by atoms with van der Waals surface area (Å²) in [4.78, 5) is 0. The molecule has 0 saturated heterocycles. The highest BCUT2D eigenvalue weighted by atomic mass is 15.1. The Morgan fingerprint density at radius 1 is 1.70 bits per heavy atom. The first-order valence-electron chi connectivity index (χ1n) is 2.70. The molecule has 0 radical (unpaired) electrons. The van der Waals surface area contributed by atoms with E-state index in [2.05, 4.69) is 23.4 Å². The van der Waals surface area contributed by atoms with Gasteiger partial charge in [0.05, 0.1) is 6.54 Å². The van der Waals surface area contributed by atoms with Gasteiger partial charge in [0.15, 0.2) is 0 Å². The lowest BCUT2D eigenvalue weighted by Gasteiger charge is -1.90. The second-order valence-electron chi connectivity index (χ2n) is 1.57. The zero-order valence-corrected chi connectivity index (χ0v) is 5.67. The van der Waals surface area contributed by atoms with Crippen molar-refractivity contribution in [3.63, 3.8) is 0 Å². The topological polar surface area (TPSA) is 74.6 Å². The lowest BCUT2D eigenvalue weighted by Crippen LogP contribution is -2.09. The normalized spacial score (nSPS) is 9.60. The Kier molecular flexibility index (Phi) is 3.79. The number of amidine groups is 1.